The summed E-state index contributed by atoms with van der Waals surface area (Å²) in [7, 11) is 0. The second-order valence-corrected chi connectivity index (χ2v) is 1.85. The second kappa shape index (κ2) is 2.87. The molecule has 0 bridgehead atoms. The number of rotatable bonds is 3. The average molecular weight is 137 g/mol. The largest absolute Gasteiger partial charge is 0.330 e. The Kier molecular flexibility index (Phi) is 2.70. The SMILES string of the molecule is CC(F)(F)C(=O)CCN. The van der Waals surface area contributed by atoms with Crippen molar-refractivity contribution < 1.29 is 13.6 Å². The van der Waals surface area contributed by atoms with Crippen LogP contribution in [0.15, 0.2) is 0 Å². The molecule has 0 aromatic heterocycles. The van der Waals surface area contributed by atoms with Crippen LogP contribution in [0.1, 0.15) is 13.3 Å². The fourth-order valence-electron chi connectivity index (χ4n) is 0.351. The van der Waals surface area contributed by atoms with Gasteiger partial charge >= 0.3 is 5.92 Å². The standard InChI is InChI=1S/C5H9F2NO/c1-5(6,7)4(9)2-3-8/h2-3,8H2,1H3. The fraction of sp³-hybridized carbons (Fsp3) is 0.800. The van der Waals surface area contributed by atoms with E-state index < -0.39 is 11.7 Å². The molecule has 2 nitrogen and oxygen atoms in total. The summed E-state index contributed by atoms with van der Waals surface area (Å²) in [5.74, 6) is -4.30. The smallest absolute Gasteiger partial charge is 0.302 e. The molecule has 0 aliphatic carbocycles. The fourth-order valence-corrected chi connectivity index (χ4v) is 0.351. The van der Waals surface area contributed by atoms with Crippen molar-refractivity contribution in [3.63, 3.8) is 0 Å². The maximum absolute atomic E-state index is 11.9. The first kappa shape index (κ1) is 8.49. The molecular weight excluding hydrogens is 128 g/mol. The number of hydrogen-bond donors (Lipinski definition) is 1. The number of halogens is 2. The van der Waals surface area contributed by atoms with E-state index in [1.807, 2.05) is 0 Å². The Morgan fingerprint density at radius 3 is 2.22 bits per heavy atom. The van der Waals surface area contributed by atoms with Crippen molar-refractivity contribution in [1.82, 2.24) is 0 Å². The molecule has 0 aromatic carbocycles. The molecule has 0 atom stereocenters. The first-order chi connectivity index (χ1) is 3.98. The van der Waals surface area contributed by atoms with Crippen LogP contribution in [0.2, 0.25) is 0 Å². The molecule has 9 heavy (non-hydrogen) atoms. The Morgan fingerprint density at radius 2 is 2.11 bits per heavy atom. The molecule has 4 heteroatoms. The van der Waals surface area contributed by atoms with Crippen molar-refractivity contribution in [3.05, 3.63) is 0 Å². The van der Waals surface area contributed by atoms with Gasteiger partial charge in [-0.15, -0.1) is 0 Å². The first-order valence-corrected chi connectivity index (χ1v) is 2.59. The molecule has 0 unspecified atom stereocenters. The van der Waals surface area contributed by atoms with Crippen molar-refractivity contribution in [3.8, 4) is 0 Å². The van der Waals surface area contributed by atoms with Crippen molar-refractivity contribution >= 4 is 5.78 Å². The number of carbonyl (C=O) groups excluding carboxylic acids is 1. The molecule has 0 aliphatic rings. The summed E-state index contributed by atoms with van der Waals surface area (Å²) >= 11 is 0. The number of ketones is 1. The topological polar surface area (TPSA) is 43.1 Å². The van der Waals surface area contributed by atoms with Crippen molar-refractivity contribution in [1.29, 1.82) is 0 Å². The third kappa shape index (κ3) is 3.13. The molecular formula is C5H9F2NO. The molecule has 0 amide bonds. The predicted molar refractivity (Wildman–Crippen MR) is 29.3 cm³/mol. The van der Waals surface area contributed by atoms with Crippen LogP contribution in [0.3, 0.4) is 0 Å². The average Bonchev–Trinajstić information content (AvgIpc) is 1.64. The summed E-state index contributed by atoms with van der Waals surface area (Å²) in [4.78, 5) is 10.2. The van der Waals surface area contributed by atoms with Crippen LogP contribution in [0.4, 0.5) is 8.78 Å². The molecule has 0 fully saturated rings. The summed E-state index contributed by atoms with van der Waals surface area (Å²) in [6.45, 7) is 0.563. The molecule has 0 heterocycles. The molecule has 0 aliphatic heterocycles. The Hall–Kier alpha value is -0.510. The van der Waals surface area contributed by atoms with E-state index in [4.69, 9.17) is 5.73 Å². The first-order valence-electron chi connectivity index (χ1n) is 2.59. The third-order valence-corrected chi connectivity index (χ3v) is 0.861. The molecule has 54 valence electrons. The maximum atomic E-state index is 11.9. The van der Waals surface area contributed by atoms with Gasteiger partial charge in [0.15, 0.2) is 0 Å². The van der Waals surface area contributed by atoms with Gasteiger partial charge in [0, 0.05) is 13.3 Å². The summed E-state index contributed by atoms with van der Waals surface area (Å²) < 4.78 is 23.8. The van der Waals surface area contributed by atoms with Gasteiger partial charge in [0.1, 0.15) is 0 Å². The van der Waals surface area contributed by atoms with Crippen LogP contribution >= 0.6 is 0 Å². The van der Waals surface area contributed by atoms with Crippen LogP contribution < -0.4 is 5.73 Å². The van der Waals surface area contributed by atoms with Crippen molar-refractivity contribution in [2.45, 2.75) is 19.3 Å². The van der Waals surface area contributed by atoms with E-state index in [0.717, 1.165) is 0 Å². The Labute approximate surface area is 52.0 Å². The van der Waals surface area contributed by atoms with Crippen LogP contribution in [-0.2, 0) is 4.79 Å². The van der Waals surface area contributed by atoms with Gasteiger partial charge in [-0.3, -0.25) is 4.79 Å². The minimum Gasteiger partial charge on any atom is -0.330 e. The van der Waals surface area contributed by atoms with Gasteiger partial charge in [0.2, 0.25) is 5.78 Å². The molecule has 2 N–H and O–H groups in total. The Morgan fingerprint density at radius 1 is 1.67 bits per heavy atom. The predicted octanol–water partition coefficient (Wildman–Crippen LogP) is 0.560. The van der Waals surface area contributed by atoms with E-state index in [0.29, 0.717) is 6.92 Å². The zero-order valence-corrected chi connectivity index (χ0v) is 5.16. The maximum Gasteiger partial charge on any atom is 0.302 e. The summed E-state index contributed by atoms with van der Waals surface area (Å²) in [6, 6.07) is 0. The highest BCUT2D eigenvalue weighted by Gasteiger charge is 2.30. The Balaban J connectivity index is 3.74. The van der Waals surface area contributed by atoms with E-state index in [2.05, 4.69) is 0 Å². The minimum atomic E-state index is -3.21. The lowest BCUT2D eigenvalue weighted by molar-refractivity contribution is -0.140. The van der Waals surface area contributed by atoms with Crippen molar-refractivity contribution in [2.24, 2.45) is 5.73 Å². The van der Waals surface area contributed by atoms with Gasteiger partial charge in [-0.05, 0) is 6.54 Å². The van der Waals surface area contributed by atoms with Crippen LogP contribution in [0.25, 0.3) is 0 Å². The van der Waals surface area contributed by atoms with E-state index in [-0.39, 0.29) is 13.0 Å². The van der Waals surface area contributed by atoms with E-state index in [1.54, 1.807) is 0 Å². The van der Waals surface area contributed by atoms with Gasteiger partial charge < -0.3 is 5.73 Å². The molecule has 0 rings (SSSR count). The monoisotopic (exact) mass is 137 g/mol. The zero-order chi connectivity index (χ0) is 7.49. The van der Waals surface area contributed by atoms with Gasteiger partial charge in [-0.25, -0.2) is 0 Å². The highest BCUT2D eigenvalue weighted by molar-refractivity contribution is 5.85. The van der Waals surface area contributed by atoms with Crippen LogP contribution in [-0.4, -0.2) is 18.3 Å². The second-order valence-electron chi connectivity index (χ2n) is 1.85. The quantitative estimate of drug-likeness (QED) is 0.617. The normalized spacial score (nSPS) is 11.6. The van der Waals surface area contributed by atoms with Gasteiger partial charge in [-0.2, -0.15) is 8.78 Å². The number of carbonyl (C=O) groups is 1. The molecule has 0 saturated carbocycles. The van der Waals surface area contributed by atoms with Crippen LogP contribution in [0, 0.1) is 0 Å². The molecule has 0 radical (unpaired) electrons. The number of Topliss-reactive ketones (excluding diaryl/α,β-unsaturated/α-hetero) is 1. The highest BCUT2D eigenvalue weighted by atomic mass is 19.3. The summed E-state index contributed by atoms with van der Waals surface area (Å²) in [5, 5.41) is 0. The summed E-state index contributed by atoms with van der Waals surface area (Å²) in [6.07, 6.45) is -0.247. The number of alkyl halides is 2. The lowest BCUT2D eigenvalue weighted by Crippen LogP contribution is -2.26. The van der Waals surface area contributed by atoms with E-state index in [1.165, 1.54) is 0 Å². The van der Waals surface area contributed by atoms with Crippen LogP contribution in [0.5, 0.6) is 0 Å². The highest BCUT2D eigenvalue weighted by Crippen LogP contribution is 2.13. The van der Waals surface area contributed by atoms with Gasteiger partial charge in [0.05, 0.1) is 0 Å². The molecule has 0 aromatic rings. The molecule has 0 saturated heterocycles. The lowest BCUT2D eigenvalue weighted by Gasteiger charge is -2.05. The summed E-state index contributed by atoms with van der Waals surface area (Å²) in [5.41, 5.74) is 4.87. The number of hydrogen-bond acceptors (Lipinski definition) is 2. The molecule has 0 spiro atoms. The lowest BCUT2D eigenvalue weighted by atomic mass is 10.2. The van der Waals surface area contributed by atoms with E-state index in [9.17, 15) is 13.6 Å². The number of nitrogens with two attached hydrogens (primary N) is 1. The van der Waals surface area contributed by atoms with Gasteiger partial charge in [0.25, 0.3) is 0 Å². The van der Waals surface area contributed by atoms with E-state index >= 15 is 0 Å². The van der Waals surface area contributed by atoms with Crippen molar-refractivity contribution in [2.75, 3.05) is 6.54 Å². The minimum absolute atomic E-state index is 0.0116. The zero-order valence-electron chi connectivity index (χ0n) is 5.16. The van der Waals surface area contributed by atoms with Gasteiger partial charge in [-0.1, -0.05) is 0 Å². The third-order valence-electron chi connectivity index (χ3n) is 0.861. The Bertz CT molecular complexity index is 108.